The fraction of sp³-hybridized carbons (Fsp3) is 0.714. The monoisotopic (exact) mass is 427 g/mol. The van der Waals surface area contributed by atoms with Crippen molar-refractivity contribution in [1.29, 1.82) is 0 Å². The van der Waals surface area contributed by atoms with Crippen LogP contribution in [0.4, 0.5) is 0 Å². The summed E-state index contributed by atoms with van der Waals surface area (Å²) in [5, 5.41) is 0.751. The molecule has 0 spiro atoms. The minimum absolute atomic E-state index is 0.0821. The lowest BCUT2D eigenvalue weighted by atomic mass is 9.76. The van der Waals surface area contributed by atoms with Crippen LogP contribution in [0.5, 0.6) is 5.75 Å². The van der Waals surface area contributed by atoms with E-state index in [9.17, 15) is 8.42 Å². The van der Waals surface area contributed by atoms with Gasteiger partial charge in [-0.15, -0.1) is 0 Å². The molecule has 5 rings (SSSR count). The Labute approximate surface area is 173 Å². The van der Waals surface area contributed by atoms with Crippen LogP contribution in [0.3, 0.4) is 0 Å². The molecule has 0 amide bonds. The molecule has 2 fully saturated rings. The number of nitrogens with one attached hydrogen (secondary N) is 1. The van der Waals surface area contributed by atoms with Crippen LogP contribution >= 0.6 is 11.6 Å². The Kier molecular flexibility index (Phi) is 6.21. The van der Waals surface area contributed by atoms with E-state index in [-0.39, 0.29) is 24.0 Å². The molecule has 156 valence electrons. The van der Waals surface area contributed by atoms with E-state index in [0.717, 1.165) is 55.7 Å². The van der Waals surface area contributed by atoms with Crippen LogP contribution in [0.25, 0.3) is 0 Å². The van der Waals surface area contributed by atoms with Crippen molar-refractivity contribution < 1.29 is 17.9 Å². The van der Waals surface area contributed by atoms with Crippen LogP contribution in [-0.2, 0) is 14.8 Å². The van der Waals surface area contributed by atoms with Crippen LogP contribution in [0, 0.1) is 11.8 Å². The molecule has 1 aromatic carbocycles. The van der Waals surface area contributed by atoms with E-state index in [1.807, 2.05) is 12.1 Å². The molecule has 2 aliphatic heterocycles. The van der Waals surface area contributed by atoms with Crippen molar-refractivity contribution in [2.75, 3.05) is 19.5 Å². The molecule has 2 bridgehead atoms. The van der Waals surface area contributed by atoms with Crippen molar-refractivity contribution >= 4 is 21.6 Å². The predicted octanol–water partition coefficient (Wildman–Crippen LogP) is 4.11. The Morgan fingerprint density at radius 2 is 1.86 bits per heavy atom. The summed E-state index contributed by atoms with van der Waals surface area (Å²) in [5.41, 5.74) is 1.21. The lowest BCUT2D eigenvalue weighted by Crippen LogP contribution is -2.48. The van der Waals surface area contributed by atoms with Crippen molar-refractivity contribution in [2.45, 2.75) is 63.0 Å². The van der Waals surface area contributed by atoms with Crippen LogP contribution in [0.2, 0.25) is 5.02 Å². The van der Waals surface area contributed by atoms with Gasteiger partial charge in [0.25, 0.3) is 0 Å². The zero-order chi connectivity index (χ0) is 19.7. The zero-order valence-corrected chi connectivity index (χ0v) is 18.0. The molecule has 0 radical (unpaired) electrons. The minimum atomic E-state index is -3.25. The largest absolute Gasteiger partial charge is 0.493 e. The predicted molar refractivity (Wildman–Crippen MR) is 110 cm³/mol. The highest BCUT2D eigenvalue weighted by molar-refractivity contribution is 7.88. The van der Waals surface area contributed by atoms with Gasteiger partial charge in [0.05, 0.1) is 25.6 Å². The summed E-state index contributed by atoms with van der Waals surface area (Å²) in [6, 6.07) is 5.87. The van der Waals surface area contributed by atoms with Gasteiger partial charge < -0.3 is 9.47 Å². The van der Waals surface area contributed by atoms with Crippen molar-refractivity contribution in [3.8, 4) is 5.75 Å². The van der Waals surface area contributed by atoms with E-state index in [2.05, 4.69) is 10.8 Å². The molecule has 0 aromatic heterocycles. The smallest absolute Gasteiger partial charge is 0.208 e. The molecule has 4 aliphatic rings. The highest BCUT2D eigenvalue weighted by Gasteiger charge is 2.37. The van der Waals surface area contributed by atoms with Crippen LogP contribution in [0.15, 0.2) is 18.2 Å². The summed E-state index contributed by atoms with van der Waals surface area (Å²) >= 11 is 6.28. The highest BCUT2D eigenvalue weighted by Crippen LogP contribution is 2.41. The van der Waals surface area contributed by atoms with E-state index in [4.69, 9.17) is 21.1 Å². The van der Waals surface area contributed by atoms with Crippen LogP contribution < -0.4 is 9.46 Å². The number of ether oxygens (including phenoxy) is 2. The van der Waals surface area contributed by atoms with Gasteiger partial charge in [0.1, 0.15) is 5.75 Å². The third-order valence-electron chi connectivity index (χ3n) is 6.64. The molecule has 1 N–H and O–H groups in total. The summed E-state index contributed by atoms with van der Waals surface area (Å²) < 4.78 is 39.2. The number of hydrogen-bond donors (Lipinski definition) is 1. The van der Waals surface area contributed by atoms with E-state index in [1.54, 1.807) is 0 Å². The van der Waals surface area contributed by atoms with Gasteiger partial charge in [0.2, 0.25) is 10.0 Å². The number of fused-ring (bicyclic) bond motifs is 4. The van der Waals surface area contributed by atoms with Crippen LogP contribution in [0.1, 0.15) is 56.4 Å². The summed E-state index contributed by atoms with van der Waals surface area (Å²) in [4.78, 5) is 0. The molecule has 3 atom stereocenters. The van der Waals surface area contributed by atoms with E-state index in [1.165, 1.54) is 11.8 Å². The second-order valence-corrected chi connectivity index (χ2v) is 10.9. The van der Waals surface area contributed by atoms with Crippen LogP contribution in [-0.4, -0.2) is 40.0 Å². The first-order valence-corrected chi connectivity index (χ1v) is 12.7. The van der Waals surface area contributed by atoms with Gasteiger partial charge in [0.15, 0.2) is 0 Å². The molecule has 28 heavy (non-hydrogen) atoms. The minimum Gasteiger partial charge on any atom is -0.493 e. The number of sulfonamides is 1. The molecule has 2 aliphatic carbocycles. The Morgan fingerprint density at radius 3 is 2.61 bits per heavy atom. The first kappa shape index (κ1) is 20.5. The zero-order valence-electron chi connectivity index (χ0n) is 16.4. The molecule has 1 aromatic rings. The molecule has 5 nitrogen and oxygen atoms in total. The van der Waals surface area contributed by atoms with Crippen molar-refractivity contribution in [3.05, 3.63) is 28.8 Å². The fourth-order valence-corrected chi connectivity index (χ4v) is 6.21. The maximum Gasteiger partial charge on any atom is 0.208 e. The van der Waals surface area contributed by atoms with Gasteiger partial charge in [-0.2, -0.15) is 0 Å². The standard InChI is InChI=1S/C21H30ClNO4S/c1-28(24,25)23-20-4-2-3-15-12-27-21-10-7-16(22)11-18(21)14-5-8-17(9-6-14)26-13-19(15)20/h7,10-11,14-15,17,19-20,23H,2-6,8-9,12-13H2,1H3/t14?,15?,17?,19-,20+/m1/s1. The molecule has 2 heterocycles. The molecule has 0 saturated heterocycles. The van der Waals surface area contributed by atoms with Gasteiger partial charge in [-0.3, -0.25) is 0 Å². The molecule has 1 unspecified atom stereocenters. The fourth-order valence-electron chi connectivity index (χ4n) is 5.19. The topological polar surface area (TPSA) is 64.6 Å². The molecular formula is C21H30ClNO4S. The second kappa shape index (κ2) is 8.50. The maximum absolute atomic E-state index is 11.9. The maximum atomic E-state index is 11.9. The quantitative estimate of drug-likeness (QED) is 0.771. The summed E-state index contributed by atoms with van der Waals surface area (Å²) in [6.07, 6.45) is 8.59. The number of rotatable bonds is 2. The van der Waals surface area contributed by atoms with Crippen molar-refractivity contribution in [3.63, 3.8) is 0 Å². The number of benzene rings is 1. The van der Waals surface area contributed by atoms with E-state index >= 15 is 0 Å². The Hall–Kier alpha value is -0.820. The van der Waals surface area contributed by atoms with Gasteiger partial charge in [-0.1, -0.05) is 18.0 Å². The number of halogens is 1. The normalized spacial score (nSPS) is 33.7. The Balaban J connectivity index is 1.61. The van der Waals surface area contributed by atoms with E-state index < -0.39 is 10.0 Å². The van der Waals surface area contributed by atoms with Crippen molar-refractivity contribution in [1.82, 2.24) is 4.72 Å². The lowest BCUT2D eigenvalue weighted by molar-refractivity contribution is -0.0298. The van der Waals surface area contributed by atoms with E-state index in [0.29, 0.717) is 19.1 Å². The molecule has 2 saturated carbocycles. The molecule has 7 heteroatoms. The third kappa shape index (κ3) is 4.84. The van der Waals surface area contributed by atoms with Gasteiger partial charge in [-0.05, 0) is 74.1 Å². The lowest BCUT2D eigenvalue weighted by Gasteiger charge is -2.40. The summed E-state index contributed by atoms with van der Waals surface area (Å²) in [5.74, 6) is 1.81. The highest BCUT2D eigenvalue weighted by atomic mass is 35.5. The second-order valence-electron chi connectivity index (χ2n) is 8.65. The SMILES string of the molecule is CS(=O)(=O)N[C@H]1CCCC2COc3ccc(Cl)cc3C3CCC(CC3)OC[C@H]21. The number of hydrogen-bond acceptors (Lipinski definition) is 4. The average Bonchev–Trinajstić information content (AvgIpc) is 2.64. The Morgan fingerprint density at radius 1 is 1.07 bits per heavy atom. The third-order valence-corrected chi connectivity index (χ3v) is 7.61. The summed E-state index contributed by atoms with van der Waals surface area (Å²) in [7, 11) is -3.25. The van der Waals surface area contributed by atoms with Gasteiger partial charge in [-0.25, -0.2) is 13.1 Å². The van der Waals surface area contributed by atoms with Gasteiger partial charge in [0, 0.05) is 17.0 Å². The first-order chi connectivity index (χ1) is 13.4. The summed E-state index contributed by atoms with van der Waals surface area (Å²) in [6.45, 7) is 1.19. The van der Waals surface area contributed by atoms with Crippen molar-refractivity contribution in [2.24, 2.45) is 11.8 Å². The average molecular weight is 428 g/mol. The van der Waals surface area contributed by atoms with Gasteiger partial charge >= 0.3 is 0 Å². The Bertz CT molecular complexity index is 792. The first-order valence-electron chi connectivity index (χ1n) is 10.4. The molecular weight excluding hydrogens is 398 g/mol.